The lowest BCUT2D eigenvalue weighted by atomic mass is 10.2. The van der Waals surface area contributed by atoms with Crippen molar-refractivity contribution in [3.8, 4) is 0 Å². The molecule has 0 fully saturated rings. The molecular weight excluding hydrogens is 232 g/mol. The smallest absolute Gasteiger partial charge is 0.305 e. The first-order valence-corrected chi connectivity index (χ1v) is 6.23. The van der Waals surface area contributed by atoms with Crippen LogP contribution in [0.5, 0.6) is 0 Å². The Kier molecular flexibility index (Phi) is 10.8. The summed E-state index contributed by atoms with van der Waals surface area (Å²) in [4.78, 5) is 22.4. The topological polar surface area (TPSA) is 52.6 Å². The molecule has 0 unspecified atom stereocenters. The maximum Gasteiger partial charge on any atom is 0.305 e. The average Bonchev–Trinajstić information content (AvgIpc) is 2.35. The van der Waals surface area contributed by atoms with Gasteiger partial charge in [0.2, 0.25) is 0 Å². The number of unbranched alkanes of at least 4 members (excludes halogenated alkanes) is 1. The molecule has 18 heavy (non-hydrogen) atoms. The molecule has 0 saturated heterocycles. The van der Waals surface area contributed by atoms with Crippen LogP contribution in [-0.4, -0.2) is 25.2 Å². The Bertz CT molecular complexity index is 243. The van der Waals surface area contributed by atoms with E-state index in [0.717, 1.165) is 0 Å². The molecule has 0 saturated carbocycles. The molecule has 0 aromatic heterocycles. The highest BCUT2D eigenvalue weighted by Crippen LogP contribution is 2.03. The van der Waals surface area contributed by atoms with Crippen molar-refractivity contribution in [3.63, 3.8) is 0 Å². The second-order valence-corrected chi connectivity index (χ2v) is 3.80. The second-order valence-electron chi connectivity index (χ2n) is 3.80. The zero-order chi connectivity index (χ0) is 13.6. The molecule has 0 amide bonds. The Morgan fingerprint density at radius 1 is 0.833 bits per heavy atom. The molecule has 0 aromatic carbocycles. The highest BCUT2D eigenvalue weighted by atomic mass is 16.5. The normalized spacial score (nSPS) is 9.56. The quantitative estimate of drug-likeness (QED) is 0.323. The summed E-state index contributed by atoms with van der Waals surface area (Å²) in [6.45, 7) is 7.83. The Morgan fingerprint density at radius 3 is 1.56 bits per heavy atom. The molecule has 102 valence electrons. The van der Waals surface area contributed by atoms with Crippen molar-refractivity contribution in [3.05, 3.63) is 25.3 Å². The van der Waals surface area contributed by atoms with Gasteiger partial charge in [-0.25, -0.2) is 0 Å². The molecule has 0 bridgehead atoms. The molecule has 0 atom stereocenters. The van der Waals surface area contributed by atoms with Gasteiger partial charge in [-0.3, -0.25) is 9.59 Å². The van der Waals surface area contributed by atoms with Gasteiger partial charge in [-0.1, -0.05) is 12.2 Å². The first-order chi connectivity index (χ1) is 8.70. The van der Waals surface area contributed by atoms with Crippen LogP contribution >= 0.6 is 0 Å². The number of rotatable bonds is 11. The van der Waals surface area contributed by atoms with Crippen LogP contribution in [0.4, 0.5) is 0 Å². The van der Waals surface area contributed by atoms with Crippen LogP contribution in [0.25, 0.3) is 0 Å². The van der Waals surface area contributed by atoms with Gasteiger partial charge in [-0.15, -0.1) is 13.2 Å². The molecule has 0 spiro atoms. The number of ether oxygens (including phenoxy) is 2. The Morgan fingerprint density at radius 2 is 1.22 bits per heavy atom. The molecule has 0 heterocycles. The monoisotopic (exact) mass is 254 g/mol. The molecule has 0 N–H and O–H groups in total. The SMILES string of the molecule is C=CCCOC(=O)CCCCC(=O)OCCC=C. The van der Waals surface area contributed by atoms with Gasteiger partial charge in [0.25, 0.3) is 0 Å². The molecule has 4 heteroatoms. The van der Waals surface area contributed by atoms with Gasteiger partial charge in [-0.2, -0.15) is 0 Å². The fourth-order valence-electron chi connectivity index (χ4n) is 1.20. The number of hydrogen-bond acceptors (Lipinski definition) is 4. The van der Waals surface area contributed by atoms with E-state index in [0.29, 0.717) is 51.7 Å². The third kappa shape index (κ3) is 10.9. The summed E-state index contributed by atoms with van der Waals surface area (Å²) < 4.78 is 9.86. The van der Waals surface area contributed by atoms with Crippen molar-refractivity contribution in [1.29, 1.82) is 0 Å². The van der Waals surface area contributed by atoms with Crippen LogP contribution in [-0.2, 0) is 19.1 Å². The summed E-state index contributed by atoms with van der Waals surface area (Å²) in [5, 5.41) is 0. The number of hydrogen-bond donors (Lipinski definition) is 0. The Balaban J connectivity index is 3.37. The molecular formula is C14H22O4. The van der Waals surface area contributed by atoms with Gasteiger partial charge >= 0.3 is 11.9 Å². The molecule has 0 aliphatic heterocycles. The maximum atomic E-state index is 11.2. The van der Waals surface area contributed by atoms with Crippen molar-refractivity contribution in [1.82, 2.24) is 0 Å². The number of esters is 2. The van der Waals surface area contributed by atoms with Gasteiger partial charge in [0.05, 0.1) is 13.2 Å². The summed E-state index contributed by atoms with van der Waals surface area (Å²) >= 11 is 0. The van der Waals surface area contributed by atoms with Gasteiger partial charge in [-0.05, 0) is 25.7 Å². The largest absolute Gasteiger partial charge is 0.465 e. The minimum Gasteiger partial charge on any atom is -0.465 e. The van der Waals surface area contributed by atoms with Crippen LogP contribution in [0.15, 0.2) is 25.3 Å². The fraction of sp³-hybridized carbons (Fsp3) is 0.571. The predicted molar refractivity (Wildman–Crippen MR) is 70.0 cm³/mol. The summed E-state index contributed by atoms with van der Waals surface area (Å²) in [5.74, 6) is -0.450. The van der Waals surface area contributed by atoms with E-state index < -0.39 is 0 Å². The molecule has 0 aliphatic carbocycles. The van der Waals surface area contributed by atoms with E-state index in [1.807, 2.05) is 0 Å². The zero-order valence-corrected chi connectivity index (χ0v) is 10.9. The van der Waals surface area contributed by atoms with Crippen LogP contribution < -0.4 is 0 Å². The molecule has 0 aromatic rings. The highest BCUT2D eigenvalue weighted by Gasteiger charge is 2.05. The van der Waals surface area contributed by atoms with E-state index in [1.54, 1.807) is 12.2 Å². The van der Waals surface area contributed by atoms with Crippen molar-refractivity contribution in [2.24, 2.45) is 0 Å². The van der Waals surface area contributed by atoms with E-state index in [1.165, 1.54) is 0 Å². The van der Waals surface area contributed by atoms with Crippen LogP contribution in [0, 0.1) is 0 Å². The fourth-order valence-corrected chi connectivity index (χ4v) is 1.20. The summed E-state index contributed by atoms with van der Waals surface area (Å²) in [5.41, 5.74) is 0. The first-order valence-electron chi connectivity index (χ1n) is 6.23. The third-order valence-electron chi connectivity index (χ3n) is 2.18. The predicted octanol–water partition coefficient (Wildman–Crippen LogP) is 2.79. The summed E-state index contributed by atoms with van der Waals surface area (Å²) in [7, 11) is 0. The first kappa shape index (κ1) is 16.4. The van der Waals surface area contributed by atoms with Gasteiger partial charge in [0, 0.05) is 12.8 Å². The van der Waals surface area contributed by atoms with E-state index in [4.69, 9.17) is 9.47 Å². The Labute approximate surface area is 109 Å². The standard InChI is InChI=1S/C14H22O4/c1-3-5-11-17-13(15)9-7-8-10-14(16)18-12-6-4-2/h3-4H,1-2,5-12H2. The van der Waals surface area contributed by atoms with Crippen molar-refractivity contribution in [2.45, 2.75) is 38.5 Å². The van der Waals surface area contributed by atoms with E-state index >= 15 is 0 Å². The van der Waals surface area contributed by atoms with Crippen molar-refractivity contribution < 1.29 is 19.1 Å². The zero-order valence-electron chi connectivity index (χ0n) is 10.9. The van der Waals surface area contributed by atoms with Crippen LogP contribution in [0.3, 0.4) is 0 Å². The third-order valence-corrected chi connectivity index (χ3v) is 2.18. The van der Waals surface area contributed by atoms with Crippen molar-refractivity contribution >= 4 is 11.9 Å². The van der Waals surface area contributed by atoms with Crippen LogP contribution in [0.2, 0.25) is 0 Å². The second kappa shape index (κ2) is 11.9. The lowest BCUT2D eigenvalue weighted by molar-refractivity contribution is -0.145. The minimum absolute atomic E-state index is 0.225. The highest BCUT2D eigenvalue weighted by molar-refractivity contribution is 5.70. The Hall–Kier alpha value is -1.58. The summed E-state index contributed by atoms with van der Waals surface area (Å²) in [6, 6.07) is 0. The van der Waals surface area contributed by atoms with Gasteiger partial charge in [0.15, 0.2) is 0 Å². The van der Waals surface area contributed by atoms with Crippen LogP contribution in [0.1, 0.15) is 38.5 Å². The number of carbonyl (C=O) groups is 2. The maximum absolute atomic E-state index is 11.2. The lowest BCUT2D eigenvalue weighted by Crippen LogP contribution is -2.07. The van der Waals surface area contributed by atoms with E-state index in [9.17, 15) is 9.59 Å². The van der Waals surface area contributed by atoms with E-state index in [-0.39, 0.29) is 11.9 Å². The average molecular weight is 254 g/mol. The minimum atomic E-state index is -0.225. The van der Waals surface area contributed by atoms with Gasteiger partial charge in [0.1, 0.15) is 0 Å². The van der Waals surface area contributed by atoms with Crippen molar-refractivity contribution in [2.75, 3.05) is 13.2 Å². The van der Waals surface area contributed by atoms with Gasteiger partial charge < -0.3 is 9.47 Å². The summed E-state index contributed by atoms with van der Waals surface area (Å²) in [6.07, 6.45) is 6.71. The van der Waals surface area contributed by atoms with E-state index in [2.05, 4.69) is 13.2 Å². The molecule has 0 rings (SSSR count). The number of carbonyl (C=O) groups excluding carboxylic acids is 2. The molecule has 4 nitrogen and oxygen atoms in total. The molecule has 0 radical (unpaired) electrons. The lowest BCUT2D eigenvalue weighted by Gasteiger charge is -2.04. The molecule has 0 aliphatic rings.